The molecule has 6 heteroatoms. The molecule has 8 aromatic carbocycles. The van der Waals surface area contributed by atoms with Crippen molar-refractivity contribution >= 4 is 98.9 Å². The molecule has 0 saturated carbocycles. The molecule has 0 amide bonds. The smallest absolute Gasteiger partial charge is 0.196 e. The van der Waals surface area contributed by atoms with Gasteiger partial charge in [0, 0.05) is 60.7 Å². The summed E-state index contributed by atoms with van der Waals surface area (Å²) < 4.78 is 17.4. The molecule has 4 heterocycles. The predicted octanol–water partition coefficient (Wildman–Crippen LogP) is 14.4. The molecule has 56 heavy (non-hydrogen) atoms. The second-order valence-electron chi connectivity index (χ2n) is 14.2. The molecule has 12 aromatic rings. The lowest BCUT2D eigenvalue weighted by Gasteiger charge is -2.18. The summed E-state index contributed by atoms with van der Waals surface area (Å²) >= 11 is 0. The first-order valence-corrected chi connectivity index (χ1v) is 18.4. The SMILES string of the molecule is [C-]#[N+]c1cc(-c2c([N+]#[C-])cccc2-n2c3ccccc3c3cc4c(cc32)oc2ccccc24)cc(-n2c3ccccc3c3c4oc5ccccc5c4ccc32)c1. The summed E-state index contributed by atoms with van der Waals surface area (Å²) in [4.78, 5) is 8.07. The van der Waals surface area contributed by atoms with Crippen molar-refractivity contribution in [3.05, 3.63) is 181 Å². The lowest BCUT2D eigenvalue weighted by molar-refractivity contribution is 0.669. The van der Waals surface area contributed by atoms with E-state index in [2.05, 4.69) is 110 Å². The van der Waals surface area contributed by atoms with Crippen LogP contribution in [0.4, 0.5) is 11.4 Å². The molecule has 0 spiro atoms. The maximum Gasteiger partial charge on any atom is 0.196 e. The van der Waals surface area contributed by atoms with Crippen LogP contribution in [0.5, 0.6) is 0 Å². The molecular weight excluding hydrogens is 689 g/mol. The van der Waals surface area contributed by atoms with Gasteiger partial charge in [-0.1, -0.05) is 84.9 Å². The first kappa shape index (κ1) is 30.4. The van der Waals surface area contributed by atoms with Crippen LogP contribution in [0, 0.1) is 13.1 Å². The Labute approximate surface area is 318 Å². The Morgan fingerprint density at radius 2 is 1.12 bits per heavy atom. The summed E-state index contributed by atoms with van der Waals surface area (Å²) in [6.07, 6.45) is 0. The van der Waals surface area contributed by atoms with Gasteiger partial charge in [0.25, 0.3) is 0 Å². The predicted molar refractivity (Wildman–Crippen MR) is 228 cm³/mol. The summed E-state index contributed by atoms with van der Waals surface area (Å²) in [6, 6.07) is 53.5. The molecule has 0 aliphatic rings. The molecule has 0 unspecified atom stereocenters. The van der Waals surface area contributed by atoms with Gasteiger partial charge in [0.1, 0.15) is 22.3 Å². The number of hydrogen-bond acceptors (Lipinski definition) is 2. The van der Waals surface area contributed by atoms with Crippen LogP contribution in [0.15, 0.2) is 167 Å². The van der Waals surface area contributed by atoms with Gasteiger partial charge in [-0.15, -0.1) is 0 Å². The molecule has 4 aromatic heterocycles. The van der Waals surface area contributed by atoms with Crippen LogP contribution in [-0.2, 0) is 0 Å². The van der Waals surface area contributed by atoms with Crippen molar-refractivity contribution in [1.29, 1.82) is 0 Å². The van der Waals surface area contributed by atoms with Crippen LogP contribution in [0.3, 0.4) is 0 Å². The molecule has 0 bridgehead atoms. The Balaban J connectivity index is 1.15. The Morgan fingerprint density at radius 1 is 0.429 bits per heavy atom. The molecule has 0 aliphatic carbocycles. The van der Waals surface area contributed by atoms with Crippen molar-refractivity contribution in [3.63, 3.8) is 0 Å². The maximum atomic E-state index is 8.41. The van der Waals surface area contributed by atoms with Crippen molar-refractivity contribution in [2.45, 2.75) is 0 Å². The van der Waals surface area contributed by atoms with E-state index in [0.29, 0.717) is 11.4 Å². The number of nitrogens with zero attached hydrogens (tertiary/aromatic N) is 4. The van der Waals surface area contributed by atoms with Gasteiger partial charge in [-0.2, -0.15) is 0 Å². The van der Waals surface area contributed by atoms with Crippen LogP contribution in [0.25, 0.3) is 120 Å². The Hall–Kier alpha value is -8.06. The lowest BCUT2D eigenvalue weighted by Crippen LogP contribution is -1.99. The fourth-order valence-electron chi connectivity index (χ4n) is 9.00. The van der Waals surface area contributed by atoms with E-state index >= 15 is 0 Å². The zero-order chi connectivity index (χ0) is 37.1. The van der Waals surface area contributed by atoms with Crippen molar-refractivity contribution < 1.29 is 8.83 Å². The lowest BCUT2D eigenvalue weighted by atomic mass is 9.99. The number of hydrogen-bond donors (Lipinski definition) is 0. The van der Waals surface area contributed by atoms with Crippen LogP contribution >= 0.6 is 0 Å². The van der Waals surface area contributed by atoms with Gasteiger partial charge in [0.2, 0.25) is 0 Å². The van der Waals surface area contributed by atoms with Crippen LogP contribution < -0.4 is 0 Å². The minimum atomic E-state index is 0.477. The van der Waals surface area contributed by atoms with E-state index in [0.717, 1.165) is 110 Å². The summed E-state index contributed by atoms with van der Waals surface area (Å²) in [5, 5.41) is 8.56. The molecule has 0 saturated heterocycles. The summed E-state index contributed by atoms with van der Waals surface area (Å²) in [7, 11) is 0. The third-order valence-electron chi connectivity index (χ3n) is 11.3. The monoisotopic (exact) mass is 714 g/mol. The number of para-hydroxylation sites is 4. The third-order valence-corrected chi connectivity index (χ3v) is 11.3. The zero-order valence-electron chi connectivity index (χ0n) is 29.6. The molecule has 0 N–H and O–H groups in total. The van der Waals surface area contributed by atoms with E-state index in [-0.39, 0.29) is 0 Å². The van der Waals surface area contributed by atoms with Crippen molar-refractivity contribution in [1.82, 2.24) is 9.13 Å². The van der Waals surface area contributed by atoms with E-state index in [4.69, 9.17) is 22.0 Å². The normalized spacial score (nSPS) is 11.9. The number of furan rings is 2. The summed E-state index contributed by atoms with van der Waals surface area (Å²) in [6.45, 7) is 16.7. The number of rotatable bonds is 3. The van der Waals surface area contributed by atoms with E-state index in [1.54, 1.807) is 0 Å². The van der Waals surface area contributed by atoms with Gasteiger partial charge < -0.3 is 18.0 Å². The Bertz CT molecular complexity index is 3750. The van der Waals surface area contributed by atoms with E-state index in [1.807, 2.05) is 66.7 Å². The molecule has 0 aliphatic heterocycles. The largest absolute Gasteiger partial charge is 0.456 e. The number of aromatic nitrogens is 2. The topological polar surface area (TPSA) is 44.9 Å². The zero-order valence-corrected chi connectivity index (χ0v) is 29.6. The third kappa shape index (κ3) is 4.07. The first-order valence-electron chi connectivity index (χ1n) is 18.4. The maximum absolute atomic E-state index is 8.41. The van der Waals surface area contributed by atoms with Crippen LogP contribution in [0.1, 0.15) is 0 Å². The van der Waals surface area contributed by atoms with Crippen molar-refractivity contribution in [2.24, 2.45) is 0 Å². The van der Waals surface area contributed by atoms with Gasteiger partial charge in [0.05, 0.1) is 40.6 Å². The fraction of sp³-hybridized carbons (Fsp3) is 0. The highest BCUT2D eigenvalue weighted by molar-refractivity contribution is 6.24. The highest BCUT2D eigenvalue weighted by Gasteiger charge is 2.23. The average molecular weight is 715 g/mol. The summed E-state index contributed by atoms with van der Waals surface area (Å²) in [5.41, 5.74) is 11.5. The van der Waals surface area contributed by atoms with E-state index < -0.39 is 0 Å². The molecule has 0 radical (unpaired) electrons. The van der Waals surface area contributed by atoms with Crippen LogP contribution in [0.2, 0.25) is 0 Å². The van der Waals surface area contributed by atoms with Crippen molar-refractivity contribution in [3.8, 4) is 22.5 Å². The molecule has 0 atom stereocenters. The Morgan fingerprint density at radius 3 is 1.91 bits per heavy atom. The molecule has 258 valence electrons. The fourth-order valence-corrected chi connectivity index (χ4v) is 9.00. The molecular formula is C50H26N4O2. The average Bonchev–Trinajstić information content (AvgIpc) is 3.99. The van der Waals surface area contributed by atoms with Gasteiger partial charge in [-0.05, 0) is 72.3 Å². The quantitative estimate of drug-likeness (QED) is 0.171. The highest BCUT2D eigenvalue weighted by Crippen LogP contribution is 2.46. The van der Waals surface area contributed by atoms with Gasteiger partial charge in [-0.3, -0.25) is 0 Å². The second kappa shape index (κ2) is 11.2. The second-order valence-corrected chi connectivity index (χ2v) is 14.2. The first-order chi connectivity index (χ1) is 27.7. The number of benzene rings is 8. The highest BCUT2D eigenvalue weighted by atomic mass is 16.3. The van der Waals surface area contributed by atoms with Crippen molar-refractivity contribution in [2.75, 3.05) is 0 Å². The standard InChI is InChI=1S/C50H26N4O2/c1-51-30-24-29(25-31(26-30)53-41-18-8-4-15-36(41)49-43(53)23-22-35-33-13-5-10-21-46(33)56-50(35)49)48-39(52-2)16-11-19-42(48)54-40-17-7-3-12-32(40)37-27-38-34-14-6-9-20-45(34)55-47(38)28-44(37)54/h3-28H. The molecule has 6 nitrogen and oxygen atoms in total. The van der Waals surface area contributed by atoms with Gasteiger partial charge in [0.15, 0.2) is 11.4 Å². The van der Waals surface area contributed by atoms with Gasteiger partial charge in [-0.25, -0.2) is 9.69 Å². The van der Waals surface area contributed by atoms with E-state index in [9.17, 15) is 0 Å². The number of fused-ring (bicyclic) bond motifs is 13. The molecule has 12 rings (SSSR count). The van der Waals surface area contributed by atoms with Crippen LogP contribution in [-0.4, -0.2) is 9.13 Å². The minimum absolute atomic E-state index is 0.477. The van der Waals surface area contributed by atoms with E-state index in [1.165, 1.54) is 0 Å². The van der Waals surface area contributed by atoms with Gasteiger partial charge >= 0.3 is 0 Å². The minimum Gasteiger partial charge on any atom is -0.456 e. The molecule has 0 fully saturated rings. The summed E-state index contributed by atoms with van der Waals surface area (Å²) in [5.74, 6) is 0. The Kier molecular flexibility index (Phi) is 6.10.